The van der Waals surface area contributed by atoms with Crippen molar-refractivity contribution in [1.29, 1.82) is 0 Å². The van der Waals surface area contributed by atoms with Crippen molar-refractivity contribution in [2.24, 2.45) is 23.7 Å². The predicted octanol–water partition coefficient (Wildman–Crippen LogP) is 5.58. The lowest BCUT2D eigenvalue weighted by Gasteiger charge is -2.52. The van der Waals surface area contributed by atoms with Crippen LogP contribution < -0.4 is 4.74 Å². The highest BCUT2D eigenvalue weighted by atomic mass is 16.5. The highest BCUT2D eigenvalue weighted by Gasteiger charge is 2.61. The van der Waals surface area contributed by atoms with E-state index in [1.54, 1.807) is 30.3 Å². The molecule has 10 rings (SSSR count). The van der Waals surface area contributed by atoms with Crippen molar-refractivity contribution >= 4 is 27.8 Å². The molecule has 5 heterocycles. The van der Waals surface area contributed by atoms with Gasteiger partial charge in [0, 0.05) is 59.8 Å². The zero-order chi connectivity index (χ0) is 30.5. The number of hydrogen-bond donors (Lipinski definition) is 0. The quantitative estimate of drug-likeness (QED) is 0.223. The Labute approximate surface area is 265 Å². The number of nitrogens with zero attached hydrogens (tertiary/aromatic N) is 8. The summed E-state index contributed by atoms with van der Waals surface area (Å²) in [5.41, 5.74) is 5.53. The summed E-state index contributed by atoms with van der Waals surface area (Å²) in [4.78, 5) is 30.2. The molecule has 3 saturated carbocycles. The summed E-state index contributed by atoms with van der Waals surface area (Å²) >= 11 is 0. The molecule has 4 aliphatic rings. The third-order valence-corrected chi connectivity index (χ3v) is 11.0. The summed E-state index contributed by atoms with van der Waals surface area (Å²) in [6, 6.07) is 16.9. The lowest BCUT2D eigenvalue weighted by Crippen LogP contribution is -2.53. The number of hydrogen-bond acceptors (Lipinski definition) is 6. The summed E-state index contributed by atoms with van der Waals surface area (Å²) in [5, 5.41) is 5.76. The molecule has 4 aromatic heterocycles. The van der Waals surface area contributed by atoms with Gasteiger partial charge < -0.3 is 18.8 Å². The molecular formula is C36H34N8O2. The van der Waals surface area contributed by atoms with Crippen LogP contribution in [-0.4, -0.2) is 64.4 Å². The van der Waals surface area contributed by atoms with Crippen LogP contribution in [0.1, 0.15) is 41.6 Å². The van der Waals surface area contributed by atoms with Gasteiger partial charge >= 0.3 is 0 Å². The van der Waals surface area contributed by atoms with Gasteiger partial charge in [0.15, 0.2) is 5.82 Å². The molecule has 0 bridgehead atoms. The van der Waals surface area contributed by atoms with Gasteiger partial charge in [-0.3, -0.25) is 4.79 Å². The van der Waals surface area contributed by atoms with E-state index in [2.05, 4.69) is 59.4 Å². The average Bonchev–Trinajstić information content (AvgIpc) is 3.47. The van der Waals surface area contributed by atoms with Gasteiger partial charge in [0.2, 0.25) is 5.95 Å². The Morgan fingerprint density at radius 2 is 1.87 bits per heavy atom. The Kier molecular flexibility index (Phi) is 5.57. The smallest absolute Gasteiger partial charge is 0.254 e. The Morgan fingerprint density at radius 1 is 1.00 bits per heavy atom. The molecule has 230 valence electrons. The van der Waals surface area contributed by atoms with Crippen LogP contribution in [0.3, 0.4) is 0 Å². The minimum atomic E-state index is 0.0983. The molecule has 0 N–H and O–H groups in total. The largest absolute Gasteiger partial charge is 0.494 e. The molecule has 10 heteroatoms. The van der Waals surface area contributed by atoms with Crippen LogP contribution in [-0.2, 0) is 13.1 Å². The normalized spacial score (nSPS) is 23.0. The maximum atomic E-state index is 14.0. The number of likely N-dealkylation sites (tertiary alicyclic amines) is 1. The second-order valence-corrected chi connectivity index (χ2v) is 13.6. The van der Waals surface area contributed by atoms with E-state index < -0.39 is 0 Å². The van der Waals surface area contributed by atoms with Gasteiger partial charge in [0.05, 0.1) is 31.1 Å². The van der Waals surface area contributed by atoms with Gasteiger partial charge in [-0.2, -0.15) is 5.10 Å². The Morgan fingerprint density at radius 3 is 2.67 bits per heavy atom. The summed E-state index contributed by atoms with van der Waals surface area (Å²) in [6.07, 6.45) is 12.2. The molecule has 2 aromatic carbocycles. The molecule has 0 spiro atoms. The first kappa shape index (κ1) is 26.2. The number of carbonyl (C=O) groups is 1. The second kappa shape index (κ2) is 9.75. The Balaban J connectivity index is 1.13. The minimum absolute atomic E-state index is 0.0983. The fourth-order valence-electron chi connectivity index (χ4n) is 8.52. The number of methoxy groups -OCH3 is 1. The number of imidazole rings is 1. The summed E-state index contributed by atoms with van der Waals surface area (Å²) < 4.78 is 12.4. The molecule has 1 aliphatic heterocycles. The fourth-order valence-corrected chi connectivity index (χ4v) is 8.52. The van der Waals surface area contributed by atoms with E-state index in [-0.39, 0.29) is 5.91 Å². The lowest BCUT2D eigenvalue weighted by molar-refractivity contribution is -0.0204. The topological polar surface area (TPSA) is 95.9 Å². The fraction of sp³-hybridized carbons (Fsp3) is 0.361. The van der Waals surface area contributed by atoms with Crippen LogP contribution in [0.4, 0.5) is 0 Å². The summed E-state index contributed by atoms with van der Waals surface area (Å²) in [7, 11) is 1.68. The van der Waals surface area contributed by atoms with Crippen molar-refractivity contribution < 1.29 is 9.53 Å². The van der Waals surface area contributed by atoms with Crippen molar-refractivity contribution in [3.63, 3.8) is 0 Å². The van der Waals surface area contributed by atoms with Crippen LogP contribution >= 0.6 is 0 Å². The average molecular weight is 611 g/mol. The molecule has 10 nitrogen and oxygen atoms in total. The van der Waals surface area contributed by atoms with Crippen molar-refractivity contribution in [3.8, 4) is 23.2 Å². The number of para-hydroxylation sites is 1. The number of rotatable bonds is 8. The number of carbonyl (C=O) groups excluding carboxylic acids is 1. The van der Waals surface area contributed by atoms with Gasteiger partial charge in [0.1, 0.15) is 11.3 Å². The number of benzene rings is 2. The molecule has 1 amide bonds. The molecule has 3 aliphatic carbocycles. The molecular weight excluding hydrogens is 576 g/mol. The molecule has 46 heavy (non-hydrogen) atoms. The van der Waals surface area contributed by atoms with Crippen molar-refractivity contribution in [3.05, 3.63) is 84.4 Å². The second-order valence-electron chi connectivity index (χ2n) is 13.6. The predicted molar refractivity (Wildman–Crippen MR) is 173 cm³/mol. The molecule has 1 saturated heterocycles. The van der Waals surface area contributed by atoms with Gasteiger partial charge in [-0.15, -0.1) is 0 Å². The molecule has 3 unspecified atom stereocenters. The maximum Gasteiger partial charge on any atom is 0.254 e. The van der Waals surface area contributed by atoms with Crippen molar-refractivity contribution in [2.45, 2.75) is 44.8 Å². The maximum absolute atomic E-state index is 14.0. The van der Waals surface area contributed by atoms with E-state index in [0.717, 1.165) is 59.5 Å². The van der Waals surface area contributed by atoms with E-state index in [9.17, 15) is 4.79 Å². The van der Waals surface area contributed by atoms with E-state index in [1.165, 1.54) is 30.2 Å². The van der Waals surface area contributed by atoms with E-state index >= 15 is 0 Å². The Bertz CT molecular complexity index is 2160. The van der Waals surface area contributed by atoms with Crippen LogP contribution in [0.15, 0.2) is 73.3 Å². The first-order chi connectivity index (χ1) is 22.6. The standard InChI is InChI=1S/C36H34N8O2/c1-46-31-15-25(35(45)42-20-26-11-24-14-29(42)32(24)26)12-27-33(31)43(18-22-16-39-44(19-22)36-37-9-4-10-38-36)34(40-27)30-13-23-5-2-3-6-28(23)41(30)17-21-7-8-21/h2-6,9-10,12-13,15-16,19,21,24,26,29,32H,7-8,11,14,17-18,20H2,1H3/t24?,26?,29?,32-/m1/s1. The zero-order valence-corrected chi connectivity index (χ0v) is 25.7. The number of amides is 1. The van der Waals surface area contributed by atoms with Gasteiger partial charge in [-0.1, -0.05) is 18.2 Å². The van der Waals surface area contributed by atoms with Crippen LogP contribution in [0.5, 0.6) is 5.75 Å². The molecule has 0 radical (unpaired) electrons. The van der Waals surface area contributed by atoms with E-state index in [0.29, 0.717) is 41.7 Å². The monoisotopic (exact) mass is 610 g/mol. The highest BCUT2D eigenvalue weighted by Crippen LogP contribution is 2.60. The van der Waals surface area contributed by atoms with Gasteiger partial charge in [-0.05, 0) is 79.7 Å². The van der Waals surface area contributed by atoms with Crippen LogP contribution in [0.2, 0.25) is 0 Å². The van der Waals surface area contributed by atoms with E-state index in [1.807, 2.05) is 24.5 Å². The highest BCUT2D eigenvalue weighted by molar-refractivity contribution is 6.00. The molecule has 6 aromatic rings. The third kappa shape index (κ3) is 3.91. The van der Waals surface area contributed by atoms with E-state index in [4.69, 9.17) is 9.72 Å². The first-order valence-corrected chi connectivity index (χ1v) is 16.4. The number of fused-ring (bicyclic) bond motifs is 2. The van der Waals surface area contributed by atoms with Gasteiger partial charge in [-0.25, -0.2) is 19.6 Å². The van der Waals surface area contributed by atoms with Gasteiger partial charge in [0.25, 0.3) is 5.91 Å². The minimum Gasteiger partial charge on any atom is -0.494 e. The first-order valence-electron chi connectivity index (χ1n) is 16.4. The van der Waals surface area contributed by atoms with Crippen molar-refractivity contribution in [1.82, 2.24) is 38.8 Å². The summed E-state index contributed by atoms with van der Waals surface area (Å²) in [5.74, 6) is 5.02. The summed E-state index contributed by atoms with van der Waals surface area (Å²) in [6.45, 7) is 2.34. The lowest BCUT2D eigenvalue weighted by atomic mass is 9.53. The third-order valence-electron chi connectivity index (χ3n) is 11.0. The van der Waals surface area contributed by atoms with Crippen LogP contribution in [0.25, 0.3) is 39.4 Å². The Hall–Kier alpha value is -4.99. The molecule has 4 atom stereocenters. The number of ether oxygens (including phenoxy) is 1. The number of aromatic nitrogens is 7. The SMILES string of the molecule is COc1cc(C(=O)N2CC3CC4CC2[C@H]43)cc2nc(-c3cc4ccccc4n3CC3CC3)n(Cc3cnn(-c4ncccn4)c3)c12. The van der Waals surface area contributed by atoms with Crippen molar-refractivity contribution in [2.75, 3.05) is 13.7 Å². The zero-order valence-electron chi connectivity index (χ0n) is 25.7. The van der Waals surface area contributed by atoms with Crippen LogP contribution in [0, 0.1) is 23.7 Å². The molecule has 4 fully saturated rings.